The number of rotatable bonds is 7. The number of oxazole rings is 1. The maximum absolute atomic E-state index is 12.2. The third kappa shape index (κ3) is 3.67. The molecule has 1 saturated carbocycles. The van der Waals surface area contributed by atoms with E-state index in [9.17, 15) is 10.0 Å². The molecule has 8 heteroatoms. The Morgan fingerprint density at radius 3 is 2.86 bits per heavy atom. The predicted octanol–water partition coefficient (Wildman–Crippen LogP) is 3.94. The summed E-state index contributed by atoms with van der Waals surface area (Å²) in [4.78, 5) is 16.9. The SMILES string of the molecule is CCN(O)SCc1cc(-c2cc(OC)c(=O)n(C)c2)c2oc(C3CC3)nc2c1. The van der Waals surface area contributed by atoms with Gasteiger partial charge in [-0.3, -0.25) is 4.79 Å². The standard InChI is InChI=1S/C20H23N3O4S/c1-4-23(25)28-11-12-7-15(14-9-17(26-3)20(24)22(2)10-14)18-16(8-12)21-19(27-18)13-5-6-13/h7-10,13,25H,4-6,11H2,1-3H3. The topological polar surface area (TPSA) is 80.7 Å². The fraction of sp³-hybridized carbons (Fsp3) is 0.400. The van der Waals surface area contributed by atoms with E-state index in [1.54, 1.807) is 19.3 Å². The van der Waals surface area contributed by atoms with Crippen LogP contribution < -0.4 is 10.3 Å². The Kier molecular flexibility index (Phi) is 5.18. The van der Waals surface area contributed by atoms with E-state index in [4.69, 9.17) is 14.1 Å². The Bertz CT molecular complexity index is 1070. The molecular formula is C20H23N3O4S. The molecule has 1 fully saturated rings. The van der Waals surface area contributed by atoms with Gasteiger partial charge in [0, 0.05) is 42.6 Å². The minimum absolute atomic E-state index is 0.190. The number of methoxy groups -OCH3 is 1. The fourth-order valence-electron chi connectivity index (χ4n) is 3.13. The monoisotopic (exact) mass is 401 g/mol. The van der Waals surface area contributed by atoms with Crippen LogP contribution in [-0.2, 0) is 12.8 Å². The van der Waals surface area contributed by atoms with E-state index >= 15 is 0 Å². The molecule has 2 aromatic heterocycles. The second-order valence-corrected chi connectivity index (χ2v) is 7.94. The first-order chi connectivity index (χ1) is 13.5. The Morgan fingerprint density at radius 2 is 2.18 bits per heavy atom. The highest BCUT2D eigenvalue weighted by Crippen LogP contribution is 2.42. The van der Waals surface area contributed by atoms with E-state index in [1.807, 2.05) is 19.1 Å². The summed E-state index contributed by atoms with van der Waals surface area (Å²) >= 11 is 1.33. The minimum Gasteiger partial charge on any atom is -0.491 e. The van der Waals surface area contributed by atoms with Crippen molar-refractivity contribution in [1.82, 2.24) is 14.0 Å². The summed E-state index contributed by atoms with van der Waals surface area (Å²) in [6, 6.07) is 5.77. The molecule has 0 spiro atoms. The van der Waals surface area contributed by atoms with Crippen LogP contribution in [0.3, 0.4) is 0 Å². The molecule has 0 unspecified atom stereocenters. The van der Waals surface area contributed by atoms with Crippen LogP contribution >= 0.6 is 11.9 Å². The van der Waals surface area contributed by atoms with Crippen LogP contribution in [0.1, 0.15) is 37.1 Å². The number of ether oxygens (including phenoxy) is 1. The van der Waals surface area contributed by atoms with Crippen LogP contribution in [-0.4, -0.2) is 32.9 Å². The highest BCUT2D eigenvalue weighted by atomic mass is 32.2. The smallest absolute Gasteiger partial charge is 0.292 e. The molecule has 0 radical (unpaired) electrons. The molecule has 0 bridgehead atoms. The molecular weight excluding hydrogens is 378 g/mol. The van der Waals surface area contributed by atoms with Gasteiger partial charge in [0.05, 0.1) is 7.11 Å². The van der Waals surface area contributed by atoms with Gasteiger partial charge in [-0.25, -0.2) is 4.98 Å². The number of benzene rings is 1. The summed E-state index contributed by atoms with van der Waals surface area (Å²) in [5.41, 5.74) is 4.03. The summed E-state index contributed by atoms with van der Waals surface area (Å²) in [7, 11) is 3.19. The van der Waals surface area contributed by atoms with Gasteiger partial charge >= 0.3 is 0 Å². The summed E-state index contributed by atoms with van der Waals surface area (Å²) in [5, 5.41) is 9.75. The van der Waals surface area contributed by atoms with E-state index in [2.05, 4.69) is 0 Å². The van der Waals surface area contributed by atoms with Crippen LogP contribution in [0.2, 0.25) is 0 Å². The van der Waals surface area contributed by atoms with Gasteiger partial charge in [0.25, 0.3) is 5.56 Å². The molecule has 2 heterocycles. The Balaban J connectivity index is 1.85. The molecule has 1 N–H and O–H groups in total. The van der Waals surface area contributed by atoms with E-state index in [0.717, 1.165) is 40.9 Å². The van der Waals surface area contributed by atoms with Gasteiger partial charge in [0.1, 0.15) is 5.52 Å². The Hall–Kier alpha value is -2.29. The summed E-state index contributed by atoms with van der Waals surface area (Å²) < 4.78 is 14.1. The van der Waals surface area contributed by atoms with E-state index in [1.165, 1.54) is 28.1 Å². The molecule has 7 nitrogen and oxygen atoms in total. The zero-order chi connectivity index (χ0) is 19.8. The van der Waals surface area contributed by atoms with Gasteiger partial charge in [0.15, 0.2) is 17.2 Å². The van der Waals surface area contributed by atoms with Gasteiger partial charge in [0.2, 0.25) is 0 Å². The average Bonchev–Trinajstić information content (AvgIpc) is 3.46. The first kappa shape index (κ1) is 19.0. The van der Waals surface area contributed by atoms with Crippen LogP contribution in [0.15, 0.2) is 33.6 Å². The number of nitrogens with zero attached hydrogens (tertiary/aromatic N) is 3. The third-order valence-corrected chi connectivity index (χ3v) is 5.84. The molecule has 0 saturated heterocycles. The molecule has 1 aromatic carbocycles. The maximum atomic E-state index is 12.2. The molecule has 28 heavy (non-hydrogen) atoms. The lowest BCUT2D eigenvalue weighted by Gasteiger charge is -2.12. The molecule has 148 valence electrons. The molecule has 1 aliphatic rings. The van der Waals surface area contributed by atoms with Crippen molar-refractivity contribution in [2.75, 3.05) is 13.7 Å². The normalized spacial score (nSPS) is 14.2. The number of hydrogen-bond acceptors (Lipinski definition) is 7. The van der Waals surface area contributed by atoms with Crippen molar-refractivity contribution in [3.8, 4) is 16.9 Å². The van der Waals surface area contributed by atoms with Crippen LogP contribution in [0.4, 0.5) is 0 Å². The van der Waals surface area contributed by atoms with Crippen LogP contribution in [0.25, 0.3) is 22.2 Å². The lowest BCUT2D eigenvalue weighted by atomic mass is 10.0. The predicted molar refractivity (Wildman–Crippen MR) is 109 cm³/mol. The largest absolute Gasteiger partial charge is 0.491 e. The van der Waals surface area contributed by atoms with Gasteiger partial charge in [-0.2, -0.15) is 0 Å². The summed E-state index contributed by atoms with van der Waals surface area (Å²) in [5.74, 6) is 2.06. The number of aryl methyl sites for hydroxylation is 1. The number of pyridine rings is 1. The van der Waals surface area contributed by atoms with Crippen LogP contribution in [0.5, 0.6) is 5.75 Å². The molecule has 4 rings (SSSR count). The molecule has 0 amide bonds. The van der Waals surface area contributed by atoms with Crippen molar-refractivity contribution in [3.63, 3.8) is 0 Å². The highest BCUT2D eigenvalue weighted by Gasteiger charge is 2.29. The van der Waals surface area contributed by atoms with E-state index in [-0.39, 0.29) is 11.3 Å². The summed E-state index contributed by atoms with van der Waals surface area (Å²) in [6.45, 7) is 2.42. The van der Waals surface area contributed by atoms with Crippen molar-refractivity contribution in [1.29, 1.82) is 0 Å². The zero-order valence-corrected chi connectivity index (χ0v) is 17.0. The first-order valence-electron chi connectivity index (χ1n) is 9.28. The van der Waals surface area contributed by atoms with Gasteiger partial charge < -0.3 is 18.9 Å². The highest BCUT2D eigenvalue weighted by molar-refractivity contribution is 7.96. The van der Waals surface area contributed by atoms with Crippen molar-refractivity contribution >= 4 is 23.0 Å². The maximum Gasteiger partial charge on any atom is 0.292 e. The molecule has 0 atom stereocenters. The van der Waals surface area contributed by atoms with E-state index in [0.29, 0.717) is 23.8 Å². The average molecular weight is 401 g/mol. The van der Waals surface area contributed by atoms with Gasteiger partial charge in [-0.1, -0.05) is 0 Å². The second kappa shape index (κ2) is 7.62. The fourth-order valence-corrected chi connectivity index (χ4v) is 3.77. The second-order valence-electron chi connectivity index (χ2n) is 6.97. The first-order valence-corrected chi connectivity index (χ1v) is 10.2. The number of aromatic nitrogens is 2. The number of hydrogen-bond donors (Lipinski definition) is 1. The van der Waals surface area contributed by atoms with Gasteiger partial charge in [-0.05, 0) is 55.5 Å². The van der Waals surface area contributed by atoms with Crippen molar-refractivity contribution in [2.24, 2.45) is 7.05 Å². The number of fused-ring (bicyclic) bond motifs is 1. The van der Waals surface area contributed by atoms with Gasteiger partial charge in [-0.15, -0.1) is 4.47 Å². The van der Waals surface area contributed by atoms with Crippen molar-refractivity contribution < 1.29 is 14.4 Å². The molecule has 3 aromatic rings. The zero-order valence-electron chi connectivity index (χ0n) is 16.1. The third-order valence-electron chi connectivity index (χ3n) is 4.83. The summed E-state index contributed by atoms with van der Waals surface area (Å²) in [6.07, 6.45) is 3.99. The van der Waals surface area contributed by atoms with Crippen molar-refractivity contribution in [3.05, 3.63) is 46.2 Å². The number of hydroxylamine groups is 1. The van der Waals surface area contributed by atoms with E-state index < -0.39 is 0 Å². The Labute approximate surface area is 167 Å². The Morgan fingerprint density at radius 1 is 1.39 bits per heavy atom. The van der Waals surface area contributed by atoms with Crippen LogP contribution in [0, 0.1) is 0 Å². The lowest BCUT2D eigenvalue weighted by Crippen LogP contribution is -2.17. The minimum atomic E-state index is -0.190. The molecule has 0 aliphatic heterocycles. The lowest BCUT2D eigenvalue weighted by molar-refractivity contribution is 0.0223. The van der Waals surface area contributed by atoms with Crippen molar-refractivity contribution in [2.45, 2.75) is 31.4 Å². The molecule has 1 aliphatic carbocycles. The quantitative estimate of drug-likeness (QED) is 0.474.